The van der Waals surface area contributed by atoms with Crippen LogP contribution < -0.4 is 15.6 Å². The summed E-state index contributed by atoms with van der Waals surface area (Å²) in [5.41, 5.74) is -0.298. The van der Waals surface area contributed by atoms with Gasteiger partial charge in [-0.3, -0.25) is 28.0 Å². The molecule has 6 rings (SSSR count). The van der Waals surface area contributed by atoms with Crippen molar-refractivity contribution in [2.24, 2.45) is 5.92 Å². The number of hydrogen-bond donors (Lipinski definition) is 3. The highest BCUT2D eigenvalue weighted by Crippen LogP contribution is 2.44. The van der Waals surface area contributed by atoms with E-state index in [1.807, 2.05) is 6.92 Å². The van der Waals surface area contributed by atoms with Crippen molar-refractivity contribution in [1.29, 1.82) is 0 Å². The molecule has 0 radical (unpaired) electrons. The highest BCUT2D eigenvalue weighted by Gasteiger charge is 2.48. The maximum atomic E-state index is 13.0. The van der Waals surface area contributed by atoms with Crippen molar-refractivity contribution < 1.29 is 41.8 Å². The van der Waals surface area contributed by atoms with Gasteiger partial charge in [0.15, 0.2) is 17.4 Å². The number of imidazole rings is 1. The molecule has 9 atom stereocenters. The number of aromatic nitrogens is 6. The quantitative estimate of drug-likeness (QED) is 0.343. The molecule has 1 saturated carbocycles. The summed E-state index contributed by atoms with van der Waals surface area (Å²) in [6.07, 6.45) is -0.541. The summed E-state index contributed by atoms with van der Waals surface area (Å²) < 4.78 is 61.6. The number of nitrogens with zero attached hydrogens (tertiary/aromatic N) is 5. The lowest BCUT2D eigenvalue weighted by Gasteiger charge is -2.23. The molecule has 17 nitrogen and oxygen atoms in total. The number of anilines is 1. The van der Waals surface area contributed by atoms with E-state index < -0.39 is 52.7 Å². The molecule has 1 aliphatic carbocycles. The first-order valence-corrected chi connectivity index (χ1v) is 15.5. The monoisotopic (exact) mass is 613 g/mol. The standard InChI is InChI=1S/C22H29N7O10P2/c1-2-24-22-27-19-16(20(31)28-22)26-10-29(19)21-18-17(30)14(37-21)8-35-40(32)38-13-6-12(36-15-3-4-23-9-25-15)5-11(13)7-34-41(33)39-18/h3-4,9-14,17-18,21,30,40-41H,2,5-8H2,1H3,(H2,24,27,28,31)/t11?,12-,13+,14-,17-,18-,21-/m1/s1. The molecule has 2 aliphatic heterocycles. The second kappa shape index (κ2) is 12.2. The number of fused-ring (bicyclic) bond motifs is 4. The summed E-state index contributed by atoms with van der Waals surface area (Å²) in [6.45, 7) is 1.99. The van der Waals surface area contributed by atoms with Gasteiger partial charge in [-0.25, -0.2) is 15.0 Å². The lowest BCUT2D eigenvalue weighted by Crippen LogP contribution is -2.34. The van der Waals surface area contributed by atoms with Crippen molar-refractivity contribution >= 4 is 33.6 Å². The average Bonchev–Trinajstić information content (AvgIpc) is 3.63. The molecule has 3 aromatic rings. The molecule has 3 aliphatic rings. The molecule has 3 unspecified atom stereocenters. The first-order chi connectivity index (χ1) is 19.9. The highest BCUT2D eigenvalue weighted by molar-refractivity contribution is 7.33. The van der Waals surface area contributed by atoms with Gasteiger partial charge in [-0.2, -0.15) is 4.98 Å². The smallest absolute Gasteiger partial charge is 0.319 e. The number of rotatable bonds is 5. The van der Waals surface area contributed by atoms with Crippen LogP contribution >= 0.6 is 16.5 Å². The van der Waals surface area contributed by atoms with Crippen molar-refractivity contribution in [2.45, 2.75) is 56.5 Å². The van der Waals surface area contributed by atoms with E-state index in [-0.39, 0.29) is 42.3 Å². The summed E-state index contributed by atoms with van der Waals surface area (Å²) in [7, 11) is -6.21. The van der Waals surface area contributed by atoms with Gasteiger partial charge >= 0.3 is 16.5 Å². The van der Waals surface area contributed by atoms with Crippen LogP contribution in [0.2, 0.25) is 0 Å². The SMILES string of the molecule is CCNc1nc2c(ncn2[C@@H]2O[C@@H]3CO[PH](=O)O[C@H]4C[C@H](Oc5ccncn5)CC4CO[PH](=O)O[C@@H]2[C@@H]3O)c(=O)[nH]1. The van der Waals surface area contributed by atoms with Crippen LogP contribution in [0, 0.1) is 5.92 Å². The Kier molecular flexibility index (Phi) is 8.47. The zero-order valence-corrected chi connectivity index (χ0v) is 23.7. The van der Waals surface area contributed by atoms with Crippen molar-refractivity contribution in [1.82, 2.24) is 29.5 Å². The van der Waals surface area contributed by atoms with Crippen molar-refractivity contribution in [3.63, 3.8) is 0 Å². The van der Waals surface area contributed by atoms with E-state index in [0.29, 0.717) is 25.3 Å². The lowest BCUT2D eigenvalue weighted by atomic mass is 10.1. The van der Waals surface area contributed by atoms with Gasteiger partial charge in [-0.05, 0) is 13.3 Å². The zero-order chi connectivity index (χ0) is 28.5. The Bertz CT molecular complexity index is 1480. The fourth-order valence-corrected chi connectivity index (χ4v) is 6.97. The van der Waals surface area contributed by atoms with Crippen molar-refractivity contribution in [2.75, 3.05) is 25.1 Å². The minimum Gasteiger partial charge on any atom is -0.474 e. The van der Waals surface area contributed by atoms with Gasteiger partial charge in [0.25, 0.3) is 5.56 Å². The highest BCUT2D eigenvalue weighted by atomic mass is 31.1. The number of hydrogen-bond acceptors (Lipinski definition) is 15. The fraction of sp³-hybridized carbons (Fsp3) is 0.591. The average molecular weight is 613 g/mol. The van der Waals surface area contributed by atoms with Gasteiger partial charge in [0.05, 0.1) is 25.6 Å². The van der Waals surface area contributed by atoms with Gasteiger partial charge in [0, 0.05) is 31.1 Å². The first kappa shape index (κ1) is 28.4. The summed E-state index contributed by atoms with van der Waals surface area (Å²) in [6, 6.07) is 1.62. The largest absolute Gasteiger partial charge is 0.474 e. The predicted octanol–water partition coefficient (Wildman–Crippen LogP) is 1.05. The van der Waals surface area contributed by atoms with Gasteiger partial charge in [-0.1, -0.05) is 0 Å². The van der Waals surface area contributed by atoms with Crippen LogP contribution in [-0.4, -0.2) is 84.9 Å². The van der Waals surface area contributed by atoms with E-state index in [1.54, 1.807) is 12.3 Å². The number of aliphatic hydroxyl groups excluding tert-OH is 1. The minimum absolute atomic E-state index is 0.0333. The molecule has 0 amide bonds. The summed E-state index contributed by atoms with van der Waals surface area (Å²) in [5, 5.41) is 14.0. The molecule has 19 heteroatoms. The Morgan fingerprint density at radius 1 is 1.17 bits per heavy atom. The molecule has 2 bridgehead atoms. The van der Waals surface area contributed by atoms with E-state index in [2.05, 4.69) is 30.2 Å². The molecule has 222 valence electrons. The van der Waals surface area contributed by atoms with Gasteiger partial charge in [0.2, 0.25) is 11.8 Å². The topological polar surface area (TPSA) is 211 Å². The van der Waals surface area contributed by atoms with Crippen molar-refractivity contribution in [3.05, 3.63) is 35.3 Å². The van der Waals surface area contributed by atoms with Crippen LogP contribution in [0.5, 0.6) is 5.88 Å². The summed E-state index contributed by atoms with van der Waals surface area (Å²) in [4.78, 5) is 31.6. The molecule has 3 aromatic heterocycles. The Morgan fingerprint density at radius 3 is 2.80 bits per heavy atom. The molecule has 41 heavy (non-hydrogen) atoms. The molecule has 3 N–H and O–H groups in total. The van der Waals surface area contributed by atoms with Crippen LogP contribution in [0.1, 0.15) is 26.0 Å². The fourth-order valence-electron chi connectivity index (χ4n) is 5.17. The van der Waals surface area contributed by atoms with Gasteiger partial charge < -0.3 is 33.5 Å². The maximum Gasteiger partial charge on any atom is 0.319 e. The number of aliphatic hydroxyl groups is 1. The first-order valence-electron chi connectivity index (χ1n) is 13.0. The zero-order valence-electron chi connectivity index (χ0n) is 21.7. The third-order valence-corrected chi connectivity index (χ3v) is 8.82. The van der Waals surface area contributed by atoms with E-state index in [4.69, 9.17) is 27.6 Å². The van der Waals surface area contributed by atoms with E-state index in [1.165, 1.54) is 17.2 Å². The Labute approximate surface area is 233 Å². The molecule has 0 spiro atoms. The second-order valence-corrected chi connectivity index (χ2v) is 11.8. The maximum absolute atomic E-state index is 13.0. The van der Waals surface area contributed by atoms with Crippen LogP contribution in [0.4, 0.5) is 5.95 Å². The number of nitrogens with one attached hydrogen (secondary N) is 2. The number of aromatic amines is 1. The van der Waals surface area contributed by atoms with E-state index >= 15 is 0 Å². The predicted molar refractivity (Wildman–Crippen MR) is 141 cm³/mol. The molecular weight excluding hydrogens is 584 g/mol. The van der Waals surface area contributed by atoms with Crippen LogP contribution in [0.15, 0.2) is 29.7 Å². The molecule has 2 saturated heterocycles. The van der Waals surface area contributed by atoms with Gasteiger partial charge in [-0.15, -0.1) is 0 Å². The van der Waals surface area contributed by atoms with Gasteiger partial charge in [0.1, 0.15) is 30.7 Å². The van der Waals surface area contributed by atoms with Crippen molar-refractivity contribution in [3.8, 4) is 5.88 Å². The van der Waals surface area contributed by atoms with E-state index in [0.717, 1.165) is 0 Å². The molecular formula is C22H29N7O10P2. The second-order valence-electron chi connectivity index (χ2n) is 9.70. The third-order valence-electron chi connectivity index (χ3n) is 7.05. The van der Waals surface area contributed by atoms with Crippen LogP contribution in [0.25, 0.3) is 11.2 Å². The third kappa shape index (κ3) is 6.08. The normalized spacial score (nSPS) is 34.3. The molecule has 5 heterocycles. The number of H-pyrrole nitrogens is 1. The van der Waals surface area contributed by atoms with Crippen LogP contribution in [-0.2, 0) is 32.0 Å². The Hall–Kier alpha value is -2.75. The summed E-state index contributed by atoms with van der Waals surface area (Å²) in [5.74, 6) is 0.269. The minimum atomic E-state index is -3.18. The van der Waals surface area contributed by atoms with E-state index in [9.17, 15) is 19.0 Å². The molecule has 0 aromatic carbocycles. The Balaban J connectivity index is 1.22. The van der Waals surface area contributed by atoms with Crippen LogP contribution in [0.3, 0.4) is 0 Å². The molecule has 3 fully saturated rings. The summed E-state index contributed by atoms with van der Waals surface area (Å²) >= 11 is 0. The number of ether oxygens (including phenoxy) is 2. The Morgan fingerprint density at radius 2 is 2.00 bits per heavy atom. The lowest BCUT2D eigenvalue weighted by molar-refractivity contribution is -0.0481.